The summed E-state index contributed by atoms with van der Waals surface area (Å²) in [5.41, 5.74) is 9.90. The van der Waals surface area contributed by atoms with Crippen LogP contribution in [-0.4, -0.2) is 26.3 Å². The molecule has 0 amide bonds. The molecule has 98 valence electrons. The van der Waals surface area contributed by atoms with Gasteiger partial charge in [0.1, 0.15) is 5.82 Å². The molecule has 0 fully saturated rings. The smallest absolute Gasteiger partial charge is 0.106 e. The highest BCUT2D eigenvalue weighted by molar-refractivity contribution is 5.64. The molecule has 0 atom stereocenters. The van der Waals surface area contributed by atoms with Gasteiger partial charge in [0.15, 0.2) is 0 Å². The zero-order chi connectivity index (χ0) is 13.1. The van der Waals surface area contributed by atoms with Crippen LogP contribution in [0.3, 0.4) is 0 Å². The van der Waals surface area contributed by atoms with Gasteiger partial charge in [0, 0.05) is 24.7 Å². The number of rotatable bonds is 5. The number of hydrogen-bond donors (Lipinski definition) is 2. The summed E-state index contributed by atoms with van der Waals surface area (Å²) in [6, 6.07) is 0. The van der Waals surface area contributed by atoms with E-state index in [1.165, 1.54) is 0 Å². The van der Waals surface area contributed by atoms with Crippen molar-refractivity contribution in [2.45, 2.75) is 33.1 Å². The van der Waals surface area contributed by atoms with E-state index in [-0.39, 0.29) is 0 Å². The lowest BCUT2D eigenvalue weighted by Gasteiger charge is -1.99. The van der Waals surface area contributed by atoms with E-state index in [1.54, 1.807) is 0 Å². The number of aromatic nitrogens is 4. The van der Waals surface area contributed by atoms with Gasteiger partial charge in [-0.2, -0.15) is 5.10 Å². The van der Waals surface area contributed by atoms with Crippen LogP contribution in [0.5, 0.6) is 0 Å². The lowest BCUT2D eigenvalue weighted by atomic mass is 10.1. The molecule has 0 unspecified atom stereocenters. The minimum absolute atomic E-state index is 0.744. The highest BCUT2D eigenvalue weighted by Gasteiger charge is 2.13. The van der Waals surface area contributed by atoms with E-state index in [9.17, 15) is 0 Å². The van der Waals surface area contributed by atoms with E-state index in [4.69, 9.17) is 5.73 Å². The molecular weight excluding hydrogens is 226 g/mol. The molecular formula is C13H21N5. The fraction of sp³-hybridized carbons (Fsp3) is 0.538. The van der Waals surface area contributed by atoms with Crippen molar-refractivity contribution in [3.63, 3.8) is 0 Å². The third-order valence-electron chi connectivity index (χ3n) is 3.27. The van der Waals surface area contributed by atoms with Gasteiger partial charge in [-0.3, -0.25) is 4.68 Å². The minimum atomic E-state index is 0.744. The van der Waals surface area contributed by atoms with Crippen LogP contribution in [0.2, 0.25) is 0 Å². The molecule has 2 heterocycles. The van der Waals surface area contributed by atoms with Crippen LogP contribution in [0, 0.1) is 13.8 Å². The Kier molecular flexibility index (Phi) is 3.81. The first-order valence-electron chi connectivity index (χ1n) is 6.38. The maximum atomic E-state index is 5.49. The second kappa shape index (κ2) is 5.35. The lowest BCUT2D eigenvalue weighted by molar-refractivity contribution is 0.723. The Morgan fingerprint density at radius 3 is 2.72 bits per heavy atom. The zero-order valence-electron chi connectivity index (χ0n) is 11.3. The van der Waals surface area contributed by atoms with Crippen molar-refractivity contribution in [2.24, 2.45) is 12.8 Å². The van der Waals surface area contributed by atoms with Crippen molar-refractivity contribution >= 4 is 0 Å². The van der Waals surface area contributed by atoms with Crippen LogP contribution in [-0.2, 0) is 13.5 Å². The normalized spacial score (nSPS) is 11.1. The monoisotopic (exact) mass is 247 g/mol. The Morgan fingerprint density at radius 2 is 2.11 bits per heavy atom. The summed E-state index contributed by atoms with van der Waals surface area (Å²) >= 11 is 0. The molecule has 0 radical (unpaired) electrons. The molecule has 2 rings (SSSR count). The average Bonchev–Trinajstić information content (AvgIpc) is 2.86. The molecule has 18 heavy (non-hydrogen) atoms. The van der Waals surface area contributed by atoms with Gasteiger partial charge in [0.25, 0.3) is 0 Å². The number of nitrogens with one attached hydrogen (secondary N) is 1. The van der Waals surface area contributed by atoms with Crippen molar-refractivity contribution in [1.29, 1.82) is 0 Å². The van der Waals surface area contributed by atoms with Gasteiger partial charge in [-0.1, -0.05) is 0 Å². The van der Waals surface area contributed by atoms with E-state index < -0.39 is 0 Å². The van der Waals surface area contributed by atoms with Gasteiger partial charge in [-0.15, -0.1) is 0 Å². The van der Waals surface area contributed by atoms with E-state index in [0.29, 0.717) is 0 Å². The van der Waals surface area contributed by atoms with Crippen LogP contribution in [0.1, 0.15) is 30.1 Å². The molecule has 0 aliphatic rings. The van der Waals surface area contributed by atoms with Crippen molar-refractivity contribution in [3.05, 3.63) is 23.4 Å². The lowest BCUT2D eigenvalue weighted by Crippen LogP contribution is -1.99. The second-order valence-electron chi connectivity index (χ2n) is 4.66. The molecule has 5 heteroatoms. The number of imidazole rings is 1. The van der Waals surface area contributed by atoms with Crippen molar-refractivity contribution in [1.82, 2.24) is 19.7 Å². The molecule has 0 aromatic carbocycles. The number of unbranched alkanes of at least 4 members (excludes halogenated alkanes) is 1. The zero-order valence-corrected chi connectivity index (χ0v) is 11.3. The van der Waals surface area contributed by atoms with E-state index in [1.807, 2.05) is 24.9 Å². The van der Waals surface area contributed by atoms with Crippen LogP contribution < -0.4 is 5.73 Å². The minimum Gasteiger partial charge on any atom is -0.342 e. The molecule has 0 aliphatic carbocycles. The quantitative estimate of drug-likeness (QED) is 0.790. The van der Waals surface area contributed by atoms with Crippen LogP contribution in [0.25, 0.3) is 11.3 Å². The summed E-state index contributed by atoms with van der Waals surface area (Å²) in [6.45, 7) is 4.84. The van der Waals surface area contributed by atoms with E-state index in [0.717, 1.165) is 54.3 Å². The van der Waals surface area contributed by atoms with Gasteiger partial charge >= 0.3 is 0 Å². The van der Waals surface area contributed by atoms with Crippen LogP contribution in [0.4, 0.5) is 0 Å². The number of nitrogens with two attached hydrogens (primary N) is 1. The van der Waals surface area contributed by atoms with Crippen molar-refractivity contribution < 1.29 is 0 Å². The second-order valence-corrected chi connectivity index (χ2v) is 4.66. The van der Waals surface area contributed by atoms with Gasteiger partial charge < -0.3 is 10.7 Å². The molecule has 5 nitrogen and oxygen atoms in total. The Labute approximate surface area is 107 Å². The maximum absolute atomic E-state index is 5.49. The summed E-state index contributed by atoms with van der Waals surface area (Å²) in [5, 5.41) is 4.42. The first-order valence-corrected chi connectivity index (χ1v) is 6.38. The Balaban J connectivity index is 2.19. The third kappa shape index (κ3) is 2.46. The predicted molar refractivity (Wildman–Crippen MR) is 72.3 cm³/mol. The fourth-order valence-electron chi connectivity index (χ4n) is 2.22. The molecule has 2 aromatic heterocycles. The maximum Gasteiger partial charge on any atom is 0.106 e. The fourth-order valence-corrected chi connectivity index (χ4v) is 2.22. The van der Waals surface area contributed by atoms with Crippen LogP contribution in [0.15, 0.2) is 6.20 Å². The average molecular weight is 247 g/mol. The highest BCUT2D eigenvalue weighted by atomic mass is 15.3. The standard InChI is InChI=1S/C13H21N5/c1-9-13(10(2)18(3)17-9)11-8-15-12(16-11)6-4-5-7-14/h8H,4-7,14H2,1-3H3,(H,15,16). The Morgan fingerprint density at radius 1 is 1.33 bits per heavy atom. The molecule has 0 aliphatic heterocycles. The number of aryl methyl sites for hydroxylation is 3. The largest absolute Gasteiger partial charge is 0.342 e. The number of aromatic amines is 1. The van der Waals surface area contributed by atoms with Crippen molar-refractivity contribution in [3.8, 4) is 11.3 Å². The summed E-state index contributed by atoms with van der Waals surface area (Å²) in [6.07, 6.45) is 4.97. The number of hydrogen-bond acceptors (Lipinski definition) is 3. The molecule has 3 N–H and O–H groups in total. The van der Waals surface area contributed by atoms with Crippen molar-refractivity contribution in [2.75, 3.05) is 6.54 Å². The Bertz CT molecular complexity index is 523. The van der Waals surface area contributed by atoms with E-state index in [2.05, 4.69) is 22.0 Å². The predicted octanol–water partition coefficient (Wildman–Crippen LogP) is 1.71. The summed E-state index contributed by atoms with van der Waals surface area (Å²) < 4.78 is 1.90. The summed E-state index contributed by atoms with van der Waals surface area (Å²) in [4.78, 5) is 7.80. The Hall–Kier alpha value is -1.62. The van der Waals surface area contributed by atoms with Crippen LogP contribution >= 0.6 is 0 Å². The van der Waals surface area contributed by atoms with Gasteiger partial charge in [-0.05, 0) is 33.2 Å². The molecule has 2 aromatic rings. The van der Waals surface area contributed by atoms with Gasteiger partial charge in [0.2, 0.25) is 0 Å². The van der Waals surface area contributed by atoms with Gasteiger partial charge in [0.05, 0.1) is 17.6 Å². The first kappa shape index (κ1) is 12.8. The SMILES string of the molecule is Cc1nn(C)c(C)c1-c1cnc(CCCCN)[nH]1. The first-order chi connectivity index (χ1) is 8.63. The summed E-state index contributed by atoms with van der Waals surface area (Å²) in [7, 11) is 1.96. The number of nitrogens with zero attached hydrogens (tertiary/aromatic N) is 3. The van der Waals surface area contributed by atoms with E-state index >= 15 is 0 Å². The number of H-pyrrole nitrogens is 1. The molecule has 0 saturated heterocycles. The molecule has 0 bridgehead atoms. The topological polar surface area (TPSA) is 72.5 Å². The third-order valence-corrected chi connectivity index (χ3v) is 3.27. The highest BCUT2D eigenvalue weighted by Crippen LogP contribution is 2.24. The summed E-state index contributed by atoms with van der Waals surface area (Å²) in [5.74, 6) is 1.03. The molecule has 0 saturated carbocycles. The molecule has 0 spiro atoms. The van der Waals surface area contributed by atoms with Gasteiger partial charge in [-0.25, -0.2) is 4.98 Å².